The molecule has 0 N–H and O–H groups in total. The van der Waals surface area contributed by atoms with Crippen LogP contribution in [0.25, 0.3) is 0 Å². The molecule has 0 spiro atoms. The molecule has 0 fully saturated rings. The zero-order valence-electron chi connectivity index (χ0n) is 17.9. The van der Waals surface area contributed by atoms with Gasteiger partial charge in [0.25, 0.3) is 5.69 Å². The van der Waals surface area contributed by atoms with E-state index in [-0.39, 0.29) is 31.3 Å². The third kappa shape index (κ3) is 4.20. The molecule has 3 aromatic rings. The fourth-order valence-electron chi connectivity index (χ4n) is 4.10. The van der Waals surface area contributed by atoms with Crippen molar-refractivity contribution in [3.8, 4) is 5.75 Å². The van der Waals surface area contributed by atoms with Gasteiger partial charge < -0.3 is 18.9 Å². The third-order valence-electron chi connectivity index (χ3n) is 5.73. The smallest absolute Gasteiger partial charge is 0.339 e. The highest BCUT2D eigenvalue weighted by atomic mass is 16.7. The summed E-state index contributed by atoms with van der Waals surface area (Å²) in [6, 6.07) is 16.8. The van der Waals surface area contributed by atoms with Crippen molar-refractivity contribution in [3.63, 3.8) is 0 Å². The Bertz CT molecular complexity index is 1290. The van der Waals surface area contributed by atoms with E-state index in [1.807, 2.05) is 30.3 Å². The van der Waals surface area contributed by atoms with Crippen molar-refractivity contribution in [2.75, 3.05) is 6.79 Å². The molecule has 9 heteroatoms. The Morgan fingerprint density at radius 3 is 2.71 bits per heavy atom. The molecule has 0 unspecified atom stereocenters. The van der Waals surface area contributed by atoms with E-state index in [2.05, 4.69) is 0 Å². The fraction of sp³-hybridized carbons (Fsp3) is 0.200. The summed E-state index contributed by atoms with van der Waals surface area (Å²) in [5.74, 6) is -0.647. The molecule has 3 aromatic carbocycles. The molecule has 0 amide bonds. The van der Waals surface area contributed by atoms with Crippen LogP contribution in [-0.2, 0) is 33.8 Å². The molecule has 2 heterocycles. The topological polar surface area (TPSA) is 114 Å². The summed E-state index contributed by atoms with van der Waals surface area (Å²) in [6.45, 7) is -0.0364. The van der Waals surface area contributed by atoms with Crippen LogP contribution in [0.1, 0.15) is 49.1 Å². The Morgan fingerprint density at radius 1 is 1.09 bits per heavy atom. The van der Waals surface area contributed by atoms with Crippen LogP contribution in [0.3, 0.4) is 0 Å². The van der Waals surface area contributed by atoms with Crippen molar-refractivity contribution in [1.29, 1.82) is 0 Å². The molecule has 0 radical (unpaired) electrons. The molecule has 0 saturated carbocycles. The predicted octanol–water partition coefficient (Wildman–Crippen LogP) is 4.27. The molecule has 9 nitrogen and oxygen atoms in total. The Labute approximate surface area is 194 Å². The van der Waals surface area contributed by atoms with E-state index in [1.54, 1.807) is 12.1 Å². The lowest BCUT2D eigenvalue weighted by Crippen LogP contribution is -2.22. The molecule has 0 bridgehead atoms. The van der Waals surface area contributed by atoms with Gasteiger partial charge in [0.2, 0.25) is 0 Å². The van der Waals surface area contributed by atoms with E-state index in [1.165, 1.54) is 18.2 Å². The predicted molar refractivity (Wildman–Crippen MR) is 117 cm³/mol. The Balaban J connectivity index is 1.35. The first kappa shape index (κ1) is 21.6. The largest absolute Gasteiger partial charge is 0.467 e. The number of ether oxygens (including phenoxy) is 4. The summed E-state index contributed by atoms with van der Waals surface area (Å²) in [6.07, 6.45) is -0.0125. The average Bonchev–Trinajstić information content (AvgIpc) is 2.87. The molecule has 2 aliphatic rings. The number of non-ortho nitro benzene ring substituents is 1. The van der Waals surface area contributed by atoms with Crippen molar-refractivity contribution < 1.29 is 33.5 Å². The number of nitrogens with zero attached hydrogens (tertiary/aromatic N) is 1. The minimum Gasteiger partial charge on any atom is -0.467 e. The number of rotatable bonds is 5. The maximum Gasteiger partial charge on any atom is 0.339 e. The number of nitro benzene ring substituents is 1. The van der Waals surface area contributed by atoms with Crippen molar-refractivity contribution in [2.24, 2.45) is 0 Å². The van der Waals surface area contributed by atoms with Crippen molar-refractivity contribution >= 4 is 17.6 Å². The summed E-state index contributed by atoms with van der Waals surface area (Å²) in [5.41, 5.74) is 2.99. The first-order chi connectivity index (χ1) is 16.5. The lowest BCUT2D eigenvalue weighted by atomic mass is 9.93. The maximum atomic E-state index is 12.8. The maximum absolute atomic E-state index is 12.8. The molecule has 2 aliphatic heterocycles. The normalized spacial score (nSPS) is 16.5. The number of carbonyl (C=O) groups excluding carboxylic acids is 2. The van der Waals surface area contributed by atoms with E-state index in [0.29, 0.717) is 34.4 Å². The van der Waals surface area contributed by atoms with Crippen LogP contribution in [-0.4, -0.2) is 23.7 Å². The van der Waals surface area contributed by atoms with Gasteiger partial charge in [0, 0.05) is 29.7 Å². The summed E-state index contributed by atoms with van der Waals surface area (Å²) in [4.78, 5) is 36.0. The van der Waals surface area contributed by atoms with Gasteiger partial charge in [-0.1, -0.05) is 30.3 Å². The number of hydrogen-bond acceptors (Lipinski definition) is 8. The Morgan fingerprint density at radius 2 is 1.91 bits per heavy atom. The van der Waals surface area contributed by atoms with Gasteiger partial charge in [-0.15, -0.1) is 0 Å². The minimum absolute atomic E-state index is 0.00919. The van der Waals surface area contributed by atoms with Crippen LogP contribution in [0.2, 0.25) is 0 Å². The van der Waals surface area contributed by atoms with Crippen LogP contribution in [0.15, 0.2) is 60.7 Å². The van der Waals surface area contributed by atoms with Gasteiger partial charge in [-0.3, -0.25) is 10.1 Å². The highest BCUT2D eigenvalue weighted by molar-refractivity contribution is 5.95. The zero-order valence-corrected chi connectivity index (χ0v) is 17.9. The van der Waals surface area contributed by atoms with E-state index < -0.39 is 23.0 Å². The number of nitro groups is 1. The van der Waals surface area contributed by atoms with Gasteiger partial charge >= 0.3 is 11.9 Å². The van der Waals surface area contributed by atoms with E-state index >= 15 is 0 Å². The van der Waals surface area contributed by atoms with Crippen LogP contribution in [0.5, 0.6) is 5.75 Å². The molecule has 0 aliphatic carbocycles. The van der Waals surface area contributed by atoms with E-state index in [9.17, 15) is 19.7 Å². The first-order valence-electron chi connectivity index (χ1n) is 10.6. The van der Waals surface area contributed by atoms with Gasteiger partial charge in [-0.05, 0) is 29.3 Å². The second-order valence-electron chi connectivity index (χ2n) is 7.92. The second-order valence-corrected chi connectivity index (χ2v) is 7.92. The number of hydrogen-bond donors (Lipinski definition) is 0. The fourth-order valence-corrected chi connectivity index (χ4v) is 4.10. The lowest BCUT2D eigenvalue weighted by molar-refractivity contribution is -0.385. The highest BCUT2D eigenvalue weighted by Gasteiger charge is 2.28. The third-order valence-corrected chi connectivity index (χ3v) is 5.73. The minimum atomic E-state index is -0.620. The molecule has 5 rings (SSSR count). The summed E-state index contributed by atoms with van der Waals surface area (Å²) >= 11 is 0. The SMILES string of the molecule is O=C(OCc1cc([N+](=O)[O-])cc2c1OCOC2)c1ccc2c(c1)C[C@H](c1ccccc1)OC2=O. The van der Waals surface area contributed by atoms with Crippen LogP contribution >= 0.6 is 0 Å². The van der Waals surface area contributed by atoms with Gasteiger partial charge in [0.1, 0.15) is 18.5 Å². The quantitative estimate of drug-likeness (QED) is 0.314. The van der Waals surface area contributed by atoms with E-state index in [0.717, 1.165) is 5.56 Å². The second kappa shape index (κ2) is 8.95. The standard InChI is InChI=1S/C25H19NO8/c27-24(32-13-19-10-20(26(29)30)9-18-12-31-14-33-23(18)19)16-6-7-21-17(8-16)11-22(34-25(21)28)15-4-2-1-3-5-15/h1-10,22H,11-14H2/t22-/m1/s1. The van der Waals surface area contributed by atoms with Gasteiger partial charge in [0.15, 0.2) is 6.79 Å². The highest BCUT2D eigenvalue weighted by Crippen LogP contribution is 2.34. The molecule has 0 aromatic heterocycles. The number of cyclic esters (lactones) is 1. The first-order valence-corrected chi connectivity index (χ1v) is 10.6. The molecule has 1 atom stereocenters. The number of fused-ring (bicyclic) bond motifs is 2. The molecule has 34 heavy (non-hydrogen) atoms. The molecule has 172 valence electrons. The zero-order chi connectivity index (χ0) is 23.7. The Kier molecular flexibility index (Phi) is 5.69. The Hall–Kier alpha value is -4.24. The number of esters is 2. The lowest BCUT2D eigenvalue weighted by Gasteiger charge is -2.25. The van der Waals surface area contributed by atoms with Crippen LogP contribution in [0, 0.1) is 10.1 Å². The van der Waals surface area contributed by atoms with Crippen molar-refractivity contribution in [1.82, 2.24) is 0 Å². The van der Waals surface area contributed by atoms with Crippen molar-refractivity contribution in [2.45, 2.75) is 25.7 Å². The number of carbonyl (C=O) groups is 2. The summed E-state index contributed by atoms with van der Waals surface area (Å²) in [5, 5.41) is 11.3. The molecule has 0 saturated heterocycles. The van der Waals surface area contributed by atoms with Crippen LogP contribution in [0.4, 0.5) is 5.69 Å². The average molecular weight is 461 g/mol. The van der Waals surface area contributed by atoms with Gasteiger partial charge in [-0.2, -0.15) is 0 Å². The van der Waals surface area contributed by atoms with Crippen LogP contribution < -0.4 is 4.74 Å². The number of benzene rings is 3. The van der Waals surface area contributed by atoms with Gasteiger partial charge in [-0.25, -0.2) is 9.59 Å². The monoisotopic (exact) mass is 461 g/mol. The van der Waals surface area contributed by atoms with E-state index in [4.69, 9.17) is 18.9 Å². The summed E-state index contributed by atoms with van der Waals surface area (Å²) < 4.78 is 21.7. The summed E-state index contributed by atoms with van der Waals surface area (Å²) in [7, 11) is 0. The molecular weight excluding hydrogens is 442 g/mol. The molecular formula is C25H19NO8. The van der Waals surface area contributed by atoms with Crippen molar-refractivity contribution in [3.05, 3.63) is 104 Å². The van der Waals surface area contributed by atoms with Gasteiger partial charge in [0.05, 0.1) is 22.7 Å².